The van der Waals surface area contributed by atoms with Crippen molar-refractivity contribution in [1.82, 2.24) is 0 Å². The van der Waals surface area contributed by atoms with Crippen LogP contribution in [0.15, 0.2) is 114 Å². The van der Waals surface area contributed by atoms with Crippen LogP contribution in [0.2, 0.25) is 0 Å². The third-order valence-electron chi connectivity index (χ3n) is 6.89. The molecule has 0 fully saturated rings. The molecule has 1 aliphatic carbocycles. The summed E-state index contributed by atoms with van der Waals surface area (Å²) >= 11 is 0. The summed E-state index contributed by atoms with van der Waals surface area (Å²) in [5.41, 5.74) is 11.6. The Balaban J connectivity index is 0.000000978. The summed E-state index contributed by atoms with van der Waals surface area (Å²) in [6, 6.07) is 26.4. The summed E-state index contributed by atoms with van der Waals surface area (Å²) in [5.74, 6) is 0. The van der Waals surface area contributed by atoms with Gasteiger partial charge < -0.3 is 14.7 Å². The average molecular weight is 616 g/mol. The average Bonchev–Trinajstić information content (AvgIpc) is 2.98. The first-order chi connectivity index (χ1) is 20.8. The second-order valence-corrected chi connectivity index (χ2v) is 11.5. The standard InChI is InChI=1S/C35H40N4.ClHO4/c1-8-36-30-17-9-26(10-18-30)34(27-11-19-31(20-12-27)37(2)3)25-35(28-13-21-32(22-14-28)38(4)5)29-15-23-33(24-16-29)39(6)7;2-1(3,4)5/h9-25H,8H2,1-7H3;(H,2,3,4,5)/p-1. The fourth-order valence-electron chi connectivity index (χ4n) is 4.56. The minimum absolute atomic E-state index is 0.776. The molecule has 0 bridgehead atoms. The maximum Gasteiger partial charge on any atom is 0.0574 e. The van der Waals surface area contributed by atoms with Crippen molar-refractivity contribution in [3.63, 3.8) is 0 Å². The summed E-state index contributed by atoms with van der Waals surface area (Å²) in [5, 5.41) is 0. The molecule has 0 aromatic heterocycles. The SMILES string of the molecule is CCN=C1C=CC(=C(C=C(c2ccc(N(C)C)cc2)c2ccc(N(C)C)cc2)c2ccc(N(C)C)cc2)C=C1.[O-][Cl+3]([O-])([O-])[O-]. The van der Waals surface area contributed by atoms with Gasteiger partial charge in [0.05, 0.1) is 5.71 Å². The van der Waals surface area contributed by atoms with Crippen molar-refractivity contribution in [1.29, 1.82) is 0 Å². The van der Waals surface area contributed by atoms with Crippen LogP contribution in [-0.2, 0) is 0 Å². The van der Waals surface area contributed by atoms with E-state index in [0.717, 1.165) is 17.8 Å². The first-order valence-electron chi connectivity index (χ1n) is 14.1. The molecule has 0 saturated carbocycles. The Morgan fingerprint density at radius 3 is 1.25 bits per heavy atom. The van der Waals surface area contributed by atoms with Crippen LogP contribution >= 0.6 is 0 Å². The van der Waals surface area contributed by atoms with Crippen molar-refractivity contribution >= 4 is 33.9 Å². The first-order valence-corrected chi connectivity index (χ1v) is 15.3. The zero-order chi connectivity index (χ0) is 32.4. The van der Waals surface area contributed by atoms with Gasteiger partial charge in [-0.05, 0) is 95.0 Å². The van der Waals surface area contributed by atoms with Gasteiger partial charge in [-0.2, -0.15) is 0 Å². The Morgan fingerprint density at radius 1 is 0.591 bits per heavy atom. The lowest BCUT2D eigenvalue weighted by atomic mass is 9.90. The molecule has 0 N–H and O–H groups in total. The number of aliphatic imine (C=N–C) groups is 1. The predicted octanol–water partition coefficient (Wildman–Crippen LogP) is 2.60. The van der Waals surface area contributed by atoms with Gasteiger partial charge in [0.1, 0.15) is 0 Å². The van der Waals surface area contributed by atoms with Crippen LogP contribution in [0.1, 0.15) is 23.6 Å². The number of allylic oxidation sites excluding steroid dienone is 7. The lowest BCUT2D eigenvalue weighted by Gasteiger charge is -2.18. The van der Waals surface area contributed by atoms with Gasteiger partial charge in [0.2, 0.25) is 0 Å². The third-order valence-corrected chi connectivity index (χ3v) is 6.89. The fraction of sp³-hybridized carbons (Fsp3) is 0.229. The van der Waals surface area contributed by atoms with Gasteiger partial charge in [0, 0.05) is 65.9 Å². The smallest absolute Gasteiger partial charge is 0.0574 e. The number of nitrogens with zero attached hydrogens (tertiary/aromatic N) is 4. The molecule has 0 saturated heterocycles. The van der Waals surface area contributed by atoms with Crippen LogP contribution in [0, 0.1) is 10.2 Å². The van der Waals surface area contributed by atoms with Crippen LogP contribution in [0.25, 0.3) is 11.1 Å². The number of anilines is 3. The molecule has 3 aromatic carbocycles. The van der Waals surface area contributed by atoms with Crippen molar-refractivity contribution in [2.24, 2.45) is 4.99 Å². The van der Waals surface area contributed by atoms with Crippen LogP contribution in [0.4, 0.5) is 17.1 Å². The van der Waals surface area contributed by atoms with E-state index >= 15 is 0 Å². The van der Waals surface area contributed by atoms with E-state index < -0.39 is 10.2 Å². The normalized spacial score (nSPS) is 12.2. The molecule has 4 rings (SSSR count). The number of benzene rings is 3. The Hall–Kier alpha value is -4.18. The van der Waals surface area contributed by atoms with Crippen molar-refractivity contribution < 1.29 is 28.9 Å². The van der Waals surface area contributed by atoms with E-state index in [1.54, 1.807) is 0 Å². The first kappa shape index (κ1) is 34.3. The monoisotopic (exact) mass is 615 g/mol. The topological polar surface area (TPSA) is 114 Å². The van der Waals surface area contributed by atoms with E-state index in [-0.39, 0.29) is 0 Å². The van der Waals surface area contributed by atoms with E-state index in [1.807, 2.05) is 0 Å². The highest BCUT2D eigenvalue weighted by Crippen LogP contribution is 2.33. The van der Waals surface area contributed by atoms with E-state index in [1.165, 1.54) is 44.9 Å². The van der Waals surface area contributed by atoms with Crippen LogP contribution in [0.5, 0.6) is 0 Å². The quantitative estimate of drug-likeness (QED) is 0.383. The van der Waals surface area contributed by atoms with Gasteiger partial charge in [-0.25, -0.2) is 18.6 Å². The maximum absolute atomic E-state index is 8.49. The van der Waals surface area contributed by atoms with Crippen molar-refractivity contribution in [2.75, 3.05) is 63.5 Å². The Morgan fingerprint density at radius 2 is 0.932 bits per heavy atom. The minimum Gasteiger partial charge on any atom is -0.378 e. The lowest BCUT2D eigenvalue weighted by molar-refractivity contribution is -2.00. The molecule has 0 unspecified atom stereocenters. The molecule has 0 amide bonds. The van der Waals surface area contributed by atoms with E-state index in [2.05, 4.69) is 172 Å². The summed E-state index contributed by atoms with van der Waals surface area (Å²) in [6.07, 6.45) is 10.9. The summed E-state index contributed by atoms with van der Waals surface area (Å²) in [7, 11) is 7.49. The Kier molecular flexibility index (Phi) is 12.1. The third kappa shape index (κ3) is 10.2. The zero-order valence-corrected chi connectivity index (χ0v) is 27.1. The van der Waals surface area contributed by atoms with Crippen molar-refractivity contribution in [2.45, 2.75) is 6.92 Å². The maximum atomic E-state index is 8.49. The molecular weight excluding hydrogens is 576 g/mol. The molecule has 9 heteroatoms. The molecule has 0 aliphatic heterocycles. The van der Waals surface area contributed by atoms with Crippen molar-refractivity contribution in [3.05, 3.63) is 125 Å². The highest BCUT2D eigenvalue weighted by Gasteiger charge is 2.13. The summed E-state index contributed by atoms with van der Waals surface area (Å²) < 4.78 is 34.0. The molecule has 0 radical (unpaired) electrons. The Bertz CT molecular complexity index is 1450. The van der Waals surface area contributed by atoms with Crippen LogP contribution < -0.4 is 33.3 Å². The lowest BCUT2D eigenvalue weighted by Crippen LogP contribution is -2.68. The van der Waals surface area contributed by atoms with E-state index in [4.69, 9.17) is 18.6 Å². The molecule has 0 heterocycles. The van der Waals surface area contributed by atoms with E-state index in [0.29, 0.717) is 0 Å². The summed E-state index contributed by atoms with van der Waals surface area (Å²) in [4.78, 5) is 11.0. The molecule has 232 valence electrons. The zero-order valence-electron chi connectivity index (χ0n) is 26.3. The molecule has 1 aliphatic rings. The number of halogens is 1. The summed E-state index contributed by atoms with van der Waals surface area (Å²) in [6.45, 7) is 2.84. The second-order valence-electron chi connectivity index (χ2n) is 10.7. The van der Waals surface area contributed by atoms with Gasteiger partial charge in [0.25, 0.3) is 0 Å². The molecule has 44 heavy (non-hydrogen) atoms. The number of hydrogen-bond acceptors (Lipinski definition) is 8. The van der Waals surface area contributed by atoms with Gasteiger partial charge in [-0.15, -0.1) is 10.2 Å². The highest BCUT2D eigenvalue weighted by atomic mass is 35.7. The molecule has 8 nitrogen and oxygen atoms in total. The molecular formula is C35H40ClN4O4-. The number of rotatable bonds is 8. The molecule has 0 atom stereocenters. The van der Waals surface area contributed by atoms with Crippen molar-refractivity contribution in [3.8, 4) is 0 Å². The minimum atomic E-state index is -4.94. The largest absolute Gasteiger partial charge is 0.378 e. The Labute approximate surface area is 263 Å². The van der Waals surface area contributed by atoms with Gasteiger partial charge in [-0.3, -0.25) is 4.99 Å². The number of hydrogen-bond donors (Lipinski definition) is 0. The molecule has 0 spiro atoms. The highest BCUT2D eigenvalue weighted by molar-refractivity contribution is 6.07. The fourth-order valence-corrected chi connectivity index (χ4v) is 4.56. The van der Waals surface area contributed by atoms with Gasteiger partial charge in [0.15, 0.2) is 0 Å². The second kappa shape index (κ2) is 15.5. The van der Waals surface area contributed by atoms with Gasteiger partial charge in [-0.1, -0.05) is 48.6 Å². The predicted molar refractivity (Wildman–Crippen MR) is 173 cm³/mol. The molecule has 3 aromatic rings. The van der Waals surface area contributed by atoms with E-state index in [9.17, 15) is 0 Å². The van der Waals surface area contributed by atoms with Gasteiger partial charge >= 0.3 is 0 Å². The van der Waals surface area contributed by atoms with Crippen LogP contribution in [-0.4, -0.2) is 54.5 Å². The van der Waals surface area contributed by atoms with Crippen LogP contribution in [0.3, 0.4) is 0 Å².